The van der Waals surface area contributed by atoms with E-state index in [0.29, 0.717) is 18.6 Å². The summed E-state index contributed by atoms with van der Waals surface area (Å²) in [4.78, 5) is 36.1. The van der Waals surface area contributed by atoms with Crippen LogP contribution in [0, 0.1) is 18.8 Å². The first-order valence-corrected chi connectivity index (χ1v) is 8.90. The lowest BCUT2D eigenvalue weighted by Crippen LogP contribution is -2.51. The van der Waals surface area contributed by atoms with Crippen LogP contribution in [0.1, 0.15) is 39.2 Å². The topological polar surface area (TPSA) is 105 Å². The second-order valence-corrected chi connectivity index (χ2v) is 7.07. The number of carboxylic acid groups (broad SMARTS) is 1. The molecular weight excluding hydrogens is 348 g/mol. The van der Waals surface area contributed by atoms with Crippen LogP contribution in [0.4, 0.5) is 0 Å². The molecule has 7 heteroatoms. The van der Waals surface area contributed by atoms with Gasteiger partial charge < -0.3 is 9.84 Å². The molecule has 1 aliphatic carbocycles. The summed E-state index contributed by atoms with van der Waals surface area (Å²) in [5.41, 5.74) is 7.75. The second-order valence-electron chi connectivity index (χ2n) is 7.07. The number of hydrazine groups is 1. The van der Waals surface area contributed by atoms with Crippen molar-refractivity contribution in [2.24, 2.45) is 11.8 Å². The number of amides is 2. The van der Waals surface area contributed by atoms with Crippen molar-refractivity contribution in [2.45, 2.75) is 46.6 Å². The third-order valence-corrected chi connectivity index (χ3v) is 4.93. The molecular formula is C20H26N2O5. The molecule has 2 amide bonds. The molecule has 0 heterocycles. The molecule has 7 nitrogen and oxygen atoms in total. The molecule has 0 radical (unpaired) electrons. The number of carbonyl (C=O) groups is 3. The Hall–Kier alpha value is -2.83. The van der Waals surface area contributed by atoms with Crippen molar-refractivity contribution in [3.63, 3.8) is 0 Å². The SMILES string of the molecule is CC1=C(C)C[C@@H](C(=O)NNC(=O)[C@@H](C)Oc2ccc(C)cc2)[C@@H](C(=O)O)C1. The number of nitrogens with one attached hydrogen (secondary N) is 2. The van der Waals surface area contributed by atoms with Gasteiger partial charge in [0.1, 0.15) is 5.75 Å². The molecule has 3 atom stereocenters. The van der Waals surface area contributed by atoms with Gasteiger partial charge in [-0.15, -0.1) is 0 Å². The van der Waals surface area contributed by atoms with Crippen LogP contribution in [0.25, 0.3) is 0 Å². The van der Waals surface area contributed by atoms with Crippen molar-refractivity contribution >= 4 is 17.8 Å². The summed E-state index contributed by atoms with van der Waals surface area (Å²) in [6.45, 7) is 7.29. The monoisotopic (exact) mass is 374 g/mol. The summed E-state index contributed by atoms with van der Waals surface area (Å²) >= 11 is 0. The van der Waals surface area contributed by atoms with Crippen LogP contribution in [0.3, 0.4) is 0 Å². The maximum absolute atomic E-state index is 12.4. The van der Waals surface area contributed by atoms with Crippen LogP contribution >= 0.6 is 0 Å². The van der Waals surface area contributed by atoms with Crippen LogP contribution in [-0.2, 0) is 14.4 Å². The molecule has 0 aliphatic heterocycles. The molecule has 1 aromatic carbocycles. The smallest absolute Gasteiger partial charge is 0.307 e. The van der Waals surface area contributed by atoms with E-state index < -0.39 is 35.7 Å². The van der Waals surface area contributed by atoms with E-state index in [0.717, 1.165) is 16.7 Å². The lowest BCUT2D eigenvalue weighted by atomic mass is 9.76. The van der Waals surface area contributed by atoms with Crippen molar-refractivity contribution in [3.8, 4) is 5.75 Å². The lowest BCUT2D eigenvalue weighted by Gasteiger charge is -2.29. The number of benzene rings is 1. The highest BCUT2D eigenvalue weighted by molar-refractivity contribution is 5.88. The van der Waals surface area contributed by atoms with Gasteiger partial charge in [0.2, 0.25) is 5.91 Å². The summed E-state index contributed by atoms with van der Waals surface area (Å²) < 4.78 is 5.53. The van der Waals surface area contributed by atoms with Gasteiger partial charge in [0, 0.05) is 0 Å². The predicted octanol–water partition coefficient (Wildman–Crippen LogP) is 2.36. The fraction of sp³-hybridized carbons (Fsp3) is 0.450. The maximum atomic E-state index is 12.4. The van der Waals surface area contributed by atoms with Crippen LogP contribution in [0.5, 0.6) is 5.75 Å². The van der Waals surface area contributed by atoms with E-state index in [1.807, 2.05) is 32.9 Å². The Bertz CT molecular complexity index is 754. The average molecular weight is 374 g/mol. The Morgan fingerprint density at radius 3 is 2.11 bits per heavy atom. The predicted molar refractivity (Wildman–Crippen MR) is 99.8 cm³/mol. The van der Waals surface area contributed by atoms with Gasteiger partial charge >= 0.3 is 5.97 Å². The number of allylic oxidation sites excluding steroid dienone is 2. The van der Waals surface area contributed by atoms with Gasteiger partial charge in [-0.25, -0.2) is 0 Å². The molecule has 0 saturated carbocycles. The third kappa shape index (κ3) is 5.32. The van der Waals surface area contributed by atoms with Crippen molar-refractivity contribution in [1.29, 1.82) is 0 Å². The van der Waals surface area contributed by atoms with E-state index in [-0.39, 0.29) is 0 Å². The Morgan fingerprint density at radius 2 is 1.56 bits per heavy atom. The van der Waals surface area contributed by atoms with Crippen LogP contribution < -0.4 is 15.6 Å². The molecule has 0 saturated heterocycles. The van der Waals surface area contributed by atoms with Gasteiger partial charge in [-0.2, -0.15) is 0 Å². The first-order valence-electron chi connectivity index (χ1n) is 8.90. The second kappa shape index (κ2) is 8.70. The van der Waals surface area contributed by atoms with Crippen molar-refractivity contribution in [3.05, 3.63) is 41.0 Å². The molecule has 1 aliphatic rings. The number of rotatable bonds is 5. The largest absolute Gasteiger partial charge is 0.481 e. The fourth-order valence-electron chi connectivity index (χ4n) is 3.02. The van der Waals surface area contributed by atoms with Gasteiger partial charge in [0.15, 0.2) is 6.10 Å². The average Bonchev–Trinajstić information content (AvgIpc) is 2.62. The van der Waals surface area contributed by atoms with Gasteiger partial charge in [0.05, 0.1) is 11.8 Å². The molecule has 27 heavy (non-hydrogen) atoms. The summed E-state index contributed by atoms with van der Waals surface area (Å²) in [5.74, 6) is -3.01. The molecule has 0 spiro atoms. The van der Waals surface area contributed by atoms with Crippen LogP contribution in [0.15, 0.2) is 35.4 Å². The van der Waals surface area contributed by atoms with E-state index in [9.17, 15) is 19.5 Å². The summed E-state index contributed by atoms with van der Waals surface area (Å²) in [6, 6.07) is 7.26. The van der Waals surface area contributed by atoms with Gasteiger partial charge in [0.25, 0.3) is 5.91 Å². The fourth-order valence-corrected chi connectivity index (χ4v) is 3.02. The van der Waals surface area contributed by atoms with Gasteiger partial charge in [-0.05, 0) is 52.7 Å². The number of carbonyl (C=O) groups excluding carboxylic acids is 2. The van der Waals surface area contributed by atoms with E-state index in [2.05, 4.69) is 10.9 Å². The van der Waals surface area contributed by atoms with Crippen LogP contribution in [0.2, 0.25) is 0 Å². The Labute approximate surface area is 158 Å². The maximum Gasteiger partial charge on any atom is 0.307 e. The first-order chi connectivity index (χ1) is 12.7. The van der Waals surface area contributed by atoms with E-state index >= 15 is 0 Å². The van der Waals surface area contributed by atoms with Gasteiger partial charge in [-0.3, -0.25) is 25.2 Å². The van der Waals surface area contributed by atoms with Crippen molar-refractivity contribution < 1.29 is 24.2 Å². The highest BCUT2D eigenvalue weighted by Gasteiger charge is 2.37. The van der Waals surface area contributed by atoms with Crippen LogP contribution in [-0.4, -0.2) is 29.0 Å². The Balaban J connectivity index is 1.92. The van der Waals surface area contributed by atoms with Crippen molar-refractivity contribution in [2.75, 3.05) is 0 Å². The molecule has 0 aromatic heterocycles. The first kappa shape index (κ1) is 20.5. The highest BCUT2D eigenvalue weighted by atomic mass is 16.5. The van der Waals surface area contributed by atoms with E-state index in [1.165, 1.54) is 0 Å². The number of aryl methyl sites for hydroxylation is 1. The lowest BCUT2D eigenvalue weighted by molar-refractivity contribution is -0.148. The summed E-state index contributed by atoms with van der Waals surface area (Å²) in [7, 11) is 0. The molecule has 3 N–H and O–H groups in total. The number of hydrogen-bond acceptors (Lipinski definition) is 4. The highest BCUT2D eigenvalue weighted by Crippen LogP contribution is 2.34. The molecule has 2 rings (SSSR count). The quantitative estimate of drug-likeness (QED) is 0.542. The van der Waals surface area contributed by atoms with E-state index in [1.54, 1.807) is 19.1 Å². The summed E-state index contributed by atoms with van der Waals surface area (Å²) in [5, 5.41) is 9.40. The number of hydrogen-bond donors (Lipinski definition) is 3. The minimum atomic E-state index is -1.01. The standard InChI is InChI=1S/C20H26N2O5/c1-11-5-7-15(8-6-11)27-14(4)18(23)21-22-19(24)16-9-12(2)13(3)10-17(16)20(25)26/h5-8,14,16-17H,9-10H2,1-4H3,(H,21,23)(H,22,24)(H,25,26)/t14-,16-,17+/m1/s1. The minimum Gasteiger partial charge on any atom is -0.481 e. The molecule has 146 valence electrons. The number of ether oxygens (including phenoxy) is 1. The normalized spacial score (nSPS) is 20.6. The molecule has 1 aromatic rings. The molecule has 0 fully saturated rings. The zero-order valence-electron chi connectivity index (χ0n) is 16.0. The Morgan fingerprint density at radius 1 is 1.00 bits per heavy atom. The Kier molecular flexibility index (Phi) is 6.60. The number of aliphatic carboxylic acids is 1. The minimum absolute atomic E-state index is 0.333. The van der Waals surface area contributed by atoms with Crippen molar-refractivity contribution in [1.82, 2.24) is 10.9 Å². The summed E-state index contributed by atoms with van der Waals surface area (Å²) in [6.07, 6.45) is -0.126. The zero-order chi connectivity index (χ0) is 20.1. The number of carboxylic acids is 1. The van der Waals surface area contributed by atoms with E-state index in [4.69, 9.17) is 4.74 Å². The molecule has 0 unspecified atom stereocenters. The molecule has 0 bridgehead atoms. The third-order valence-electron chi connectivity index (χ3n) is 4.93. The van der Waals surface area contributed by atoms with Gasteiger partial charge in [-0.1, -0.05) is 28.8 Å². The zero-order valence-corrected chi connectivity index (χ0v) is 16.0.